The van der Waals surface area contributed by atoms with Gasteiger partial charge >= 0.3 is 5.97 Å². The van der Waals surface area contributed by atoms with Gasteiger partial charge in [0.1, 0.15) is 17.2 Å². The third kappa shape index (κ3) is 4.39. The molecule has 1 aliphatic heterocycles. The van der Waals surface area contributed by atoms with Crippen LogP contribution < -0.4 is 19.1 Å². The second-order valence-corrected chi connectivity index (χ2v) is 12.9. The van der Waals surface area contributed by atoms with Gasteiger partial charge in [-0.2, -0.15) is 0 Å². The number of Topliss-reactive ketones (excluding diaryl/α,β-unsaturated/α-hetero) is 1. The van der Waals surface area contributed by atoms with Crippen molar-refractivity contribution < 1.29 is 33.4 Å². The molecule has 2 amide bonds. The zero-order chi connectivity index (χ0) is 35.5. The van der Waals surface area contributed by atoms with Crippen molar-refractivity contribution in [3.8, 4) is 17.2 Å². The summed E-state index contributed by atoms with van der Waals surface area (Å²) in [6.07, 6.45) is 0. The Morgan fingerprint density at radius 1 is 0.549 bits per heavy atom. The van der Waals surface area contributed by atoms with Crippen LogP contribution in [-0.2, 0) is 30.0 Å². The zero-order valence-electron chi connectivity index (χ0n) is 28.2. The van der Waals surface area contributed by atoms with Crippen LogP contribution in [0.1, 0.15) is 29.2 Å². The van der Waals surface area contributed by atoms with E-state index in [0.717, 1.165) is 11.1 Å². The molecule has 51 heavy (non-hydrogen) atoms. The van der Waals surface area contributed by atoms with Crippen molar-refractivity contribution in [3.63, 3.8) is 0 Å². The van der Waals surface area contributed by atoms with Gasteiger partial charge in [-0.05, 0) is 81.9 Å². The van der Waals surface area contributed by atoms with Crippen LogP contribution in [0, 0.1) is 11.8 Å². The van der Waals surface area contributed by atoms with Crippen LogP contribution in [0.15, 0.2) is 133 Å². The molecule has 1 heterocycles. The number of benzene rings is 5. The number of rotatable bonds is 8. The van der Waals surface area contributed by atoms with Gasteiger partial charge in [0.2, 0.25) is 11.8 Å². The molecule has 252 valence electrons. The molecule has 0 N–H and O–H groups in total. The number of ether oxygens (including phenoxy) is 3. The molecule has 8 nitrogen and oxygen atoms in total. The molecular weight excluding hydrogens is 642 g/mol. The first-order chi connectivity index (χ1) is 24.8. The van der Waals surface area contributed by atoms with Gasteiger partial charge in [0.05, 0.1) is 42.6 Å². The predicted octanol–water partition coefficient (Wildman–Crippen LogP) is 6.82. The molecule has 2 bridgehead atoms. The Kier molecular flexibility index (Phi) is 7.49. The molecule has 4 atom stereocenters. The number of esters is 1. The topological polar surface area (TPSA) is 99.2 Å². The molecule has 0 spiro atoms. The molecule has 0 unspecified atom stereocenters. The lowest BCUT2D eigenvalue weighted by atomic mass is 9.59. The Labute approximate surface area is 294 Å². The molecule has 8 heteroatoms. The van der Waals surface area contributed by atoms with Crippen molar-refractivity contribution in [3.05, 3.63) is 156 Å². The smallest absolute Gasteiger partial charge is 0.308 e. The van der Waals surface area contributed by atoms with E-state index in [-0.39, 0.29) is 11.5 Å². The van der Waals surface area contributed by atoms with Gasteiger partial charge in [-0.1, -0.05) is 84.9 Å². The lowest BCUT2D eigenvalue weighted by Crippen LogP contribution is -2.45. The number of fused-ring (bicyclic) bond motifs is 5. The minimum Gasteiger partial charge on any atom is -0.497 e. The van der Waals surface area contributed by atoms with Crippen LogP contribution in [0.4, 0.5) is 5.69 Å². The Hall–Kier alpha value is -6.28. The summed E-state index contributed by atoms with van der Waals surface area (Å²) in [6, 6.07) is 40.0. The number of carbonyl (C=O) groups is 4. The van der Waals surface area contributed by atoms with Crippen molar-refractivity contribution >= 4 is 40.4 Å². The van der Waals surface area contributed by atoms with Crippen LogP contribution in [0.25, 0.3) is 11.1 Å². The fraction of sp³-hybridized carbons (Fsp3) is 0.163. The first-order valence-corrected chi connectivity index (χ1v) is 16.6. The second kappa shape index (κ2) is 11.9. The summed E-state index contributed by atoms with van der Waals surface area (Å²) in [5, 5.41) is 0. The normalized spacial score (nSPS) is 23.4. The number of carbonyl (C=O) groups excluding carboxylic acids is 4. The van der Waals surface area contributed by atoms with Crippen LogP contribution in [0.2, 0.25) is 0 Å². The fourth-order valence-corrected chi connectivity index (χ4v) is 8.72. The quantitative estimate of drug-likeness (QED) is 0.101. The Morgan fingerprint density at radius 3 is 1.31 bits per heavy atom. The lowest BCUT2D eigenvalue weighted by Gasteiger charge is -2.39. The molecular formula is C43H33NO7. The van der Waals surface area contributed by atoms with Gasteiger partial charge in [0, 0.05) is 6.92 Å². The molecule has 5 aromatic carbocycles. The SMILES string of the molecule is COc1ccc(C2=C(c3ccc(OC)cc3)[C@@]3(c4ccccc4)C(=O)[C@]2(c2ccccc2)[C@@H]2C(=O)N(c4ccc(OC(C)=O)cc4)C(=O)[C@@H]23)cc1. The number of ketones is 1. The van der Waals surface area contributed by atoms with Gasteiger partial charge < -0.3 is 14.2 Å². The summed E-state index contributed by atoms with van der Waals surface area (Å²) in [7, 11) is 3.18. The third-order valence-electron chi connectivity index (χ3n) is 10.6. The molecule has 2 fully saturated rings. The molecule has 1 saturated heterocycles. The summed E-state index contributed by atoms with van der Waals surface area (Å²) in [5.41, 5.74) is 1.30. The van der Waals surface area contributed by atoms with E-state index in [4.69, 9.17) is 14.2 Å². The molecule has 8 rings (SSSR count). The first kappa shape index (κ1) is 32.0. The summed E-state index contributed by atoms with van der Waals surface area (Å²) < 4.78 is 16.3. The largest absolute Gasteiger partial charge is 0.497 e. The number of hydrogen-bond acceptors (Lipinski definition) is 7. The van der Waals surface area contributed by atoms with Crippen LogP contribution in [0.3, 0.4) is 0 Å². The maximum absolute atomic E-state index is 16.1. The molecule has 5 aromatic rings. The van der Waals surface area contributed by atoms with E-state index < -0.39 is 40.4 Å². The second-order valence-electron chi connectivity index (χ2n) is 12.9. The number of amides is 2. The summed E-state index contributed by atoms with van der Waals surface area (Å²) >= 11 is 0. The Balaban J connectivity index is 1.48. The van der Waals surface area contributed by atoms with E-state index in [2.05, 4.69) is 0 Å². The molecule has 0 radical (unpaired) electrons. The third-order valence-corrected chi connectivity index (χ3v) is 10.6. The highest BCUT2D eigenvalue weighted by Gasteiger charge is 2.82. The van der Waals surface area contributed by atoms with Gasteiger partial charge in [-0.15, -0.1) is 0 Å². The maximum atomic E-state index is 16.1. The predicted molar refractivity (Wildman–Crippen MR) is 191 cm³/mol. The first-order valence-electron chi connectivity index (χ1n) is 16.6. The number of nitrogens with zero attached hydrogens (tertiary/aromatic N) is 1. The molecule has 1 saturated carbocycles. The van der Waals surface area contributed by atoms with Crippen molar-refractivity contribution in [2.45, 2.75) is 17.8 Å². The highest BCUT2D eigenvalue weighted by molar-refractivity contribution is 6.39. The number of methoxy groups -OCH3 is 2. The fourth-order valence-electron chi connectivity index (χ4n) is 8.72. The van der Waals surface area contributed by atoms with Crippen LogP contribution >= 0.6 is 0 Å². The van der Waals surface area contributed by atoms with Crippen LogP contribution in [0.5, 0.6) is 17.2 Å². The van der Waals surface area contributed by atoms with Crippen molar-refractivity contribution in [2.24, 2.45) is 11.8 Å². The number of anilines is 1. The average molecular weight is 676 g/mol. The van der Waals surface area contributed by atoms with Crippen molar-refractivity contribution in [2.75, 3.05) is 19.1 Å². The number of hydrogen-bond donors (Lipinski definition) is 0. The van der Waals surface area contributed by atoms with Crippen LogP contribution in [-0.4, -0.2) is 37.8 Å². The van der Waals surface area contributed by atoms with E-state index in [9.17, 15) is 4.79 Å². The highest BCUT2D eigenvalue weighted by Crippen LogP contribution is 2.74. The maximum Gasteiger partial charge on any atom is 0.308 e. The standard InChI is InChI=1S/C43H33NO7/c1-26(45)51-34-24-18-31(19-25-34)44-39(46)37-38(40(44)47)43(30-12-8-5-9-13-30)36(28-16-22-33(50-3)23-17-28)35(27-14-20-32(49-2)21-15-27)42(37,41(43)48)29-10-6-4-7-11-29/h4-25,37-38H,1-3H3/t37-,38+,42-,43+. The van der Waals surface area contributed by atoms with Gasteiger partial charge in [-0.25, -0.2) is 4.90 Å². The van der Waals surface area contributed by atoms with Gasteiger partial charge in [0.25, 0.3) is 0 Å². The lowest BCUT2D eigenvalue weighted by molar-refractivity contribution is -0.132. The Morgan fingerprint density at radius 2 is 0.941 bits per heavy atom. The van der Waals surface area contributed by atoms with Gasteiger partial charge in [-0.3, -0.25) is 19.2 Å². The minimum absolute atomic E-state index is 0.217. The van der Waals surface area contributed by atoms with Crippen molar-refractivity contribution in [1.82, 2.24) is 0 Å². The average Bonchev–Trinajstić information content (AvgIpc) is 3.68. The summed E-state index contributed by atoms with van der Waals surface area (Å²) in [5.74, 6) is -2.24. The number of imide groups is 1. The van der Waals surface area contributed by atoms with E-state index in [0.29, 0.717) is 39.5 Å². The van der Waals surface area contributed by atoms with E-state index in [1.165, 1.54) is 11.8 Å². The highest BCUT2D eigenvalue weighted by atomic mass is 16.5. The molecule has 2 aliphatic carbocycles. The monoisotopic (exact) mass is 675 g/mol. The summed E-state index contributed by atoms with van der Waals surface area (Å²) in [4.78, 5) is 59.2. The molecule has 0 aromatic heterocycles. The van der Waals surface area contributed by atoms with E-state index in [1.807, 2.05) is 109 Å². The number of allylic oxidation sites excluding steroid dienone is 2. The van der Waals surface area contributed by atoms with E-state index in [1.54, 1.807) is 38.5 Å². The zero-order valence-corrected chi connectivity index (χ0v) is 28.2. The minimum atomic E-state index is -1.55. The molecule has 3 aliphatic rings. The van der Waals surface area contributed by atoms with Gasteiger partial charge in [0.15, 0.2) is 5.78 Å². The van der Waals surface area contributed by atoms with E-state index >= 15 is 14.4 Å². The summed E-state index contributed by atoms with van der Waals surface area (Å²) in [6.45, 7) is 1.30. The van der Waals surface area contributed by atoms with Crippen molar-refractivity contribution in [1.29, 1.82) is 0 Å². The Bertz CT molecular complexity index is 2100.